The van der Waals surface area contributed by atoms with E-state index in [0.29, 0.717) is 11.3 Å². The Balaban J connectivity index is 2.07. The summed E-state index contributed by atoms with van der Waals surface area (Å²) in [5.74, 6) is -2.87. The molecule has 0 bridgehead atoms. The molecule has 1 atom stereocenters. The number of methoxy groups -OCH3 is 1. The van der Waals surface area contributed by atoms with Gasteiger partial charge in [0.25, 0.3) is 0 Å². The van der Waals surface area contributed by atoms with Gasteiger partial charge >= 0.3 is 6.09 Å². The number of rotatable bonds is 10. The summed E-state index contributed by atoms with van der Waals surface area (Å²) >= 11 is 6.43. The average Bonchev–Trinajstić information content (AvgIpc) is 3.33. The van der Waals surface area contributed by atoms with Crippen LogP contribution in [-0.2, 0) is 14.8 Å². The summed E-state index contributed by atoms with van der Waals surface area (Å²) in [5, 5.41) is 9.78. The summed E-state index contributed by atoms with van der Waals surface area (Å²) in [6, 6.07) is 2.04. The fourth-order valence-corrected chi connectivity index (χ4v) is 4.26. The monoisotopic (exact) mass is 571 g/mol. The van der Waals surface area contributed by atoms with Crippen LogP contribution in [0.5, 0.6) is 0 Å². The number of sulfonamides is 1. The lowest BCUT2D eigenvalue weighted by Crippen LogP contribution is -2.37. The number of hydrogen-bond acceptors (Lipinski definition) is 8. The molecular formula is C23H28ClF2N7O4S. The Hall–Kier alpha value is -3.52. The highest BCUT2D eigenvalue weighted by Crippen LogP contribution is 2.41. The largest absolute Gasteiger partial charge is 0.453 e. The van der Waals surface area contributed by atoms with Gasteiger partial charge < -0.3 is 15.4 Å². The van der Waals surface area contributed by atoms with Gasteiger partial charge in [0, 0.05) is 42.1 Å². The van der Waals surface area contributed by atoms with Gasteiger partial charge in [-0.15, -0.1) is 0 Å². The molecule has 0 aliphatic carbocycles. The number of amides is 1. The molecule has 1 unspecified atom stereocenters. The molecule has 0 fully saturated rings. The average molecular weight is 572 g/mol. The molecule has 11 nitrogen and oxygen atoms in total. The Labute approximate surface area is 224 Å². The van der Waals surface area contributed by atoms with E-state index in [4.69, 9.17) is 11.6 Å². The van der Waals surface area contributed by atoms with Crippen molar-refractivity contribution >= 4 is 39.4 Å². The van der Waals surface area contributed by atoms with E-state index >= 15 is 0 Å². The SMILES string of the molecule is CCS(=O)(=O)Nc1c(F)c(F)cc(-c2nn(C(C)C)cc2-c2ccnc(NCC(C)NC(=O)OC)n2)c1Cl. The first kappa shape index (κ1) is 29.0. The van der Waals surface area contributed by atoms with E-state index in [-0.39, 0.29) is 46.6 Å². The molecule has 0 saturated heterocycles. The van der Waals surface area contributed by atoms with Crippen LogP contribution >= 0.6 is 11.6 Å². The Morgan fingerprint density at radius 3 is 2.58 bits per heavy atom. The van der Waals surface area contributed by atoms with Crippen molar-refractivity contribution < 1.29 is 26.7 Å². The van der Waals surface area contributed by atoms with Gasteiger partial charge in [-0.25, -0.2) is 32.0 Å². The Morgan fingerprint density at radius 1 is 1.24 bits per heavy atom. The zero-order chi connectivity index (χ0) is 28.2. The van der Waals surface area contributed by atoms with E-state index < -0.39 is 33.4 Å². The minimum absolute atomic E-state index is 0.0298. The molecule has 206 valence electrons. The minimum atomic E-state index is -3.96. The van der Waals surface area contributed by atoms with Gasteiger partial charge in [0.1, 0.15) is 11.4 Å². The molecule has 3 rings (SSSR count). The van der Waals surface area contributed by atoms with E-state index in [2.05, 4.69) is 30.4 Å². The molecule has 2 aromatic heterocycles. The first-order chi connectivity index (χ1) is 17.9. The maximum absolute atomic E-state index is 14.7. The number of halogens is 3. The van der Waals surface area contributed by atoms with Crippen molar-refractivity contribution in [1.82, 2.24) is 25.1 Å². The maximum atomic E-state index is 14.7. The zero-order valence-corrected chi connectivity index (χ0v) is 22.9. The third kappa shape index (κ3) is 6.67. The van der Waals surface area contributed by atoms with Crippen LogP contribution in [0.4, 0.5) is 25.2 Å². The first-order valence-corrected chi connectivity index (χ1v) is 13.6. The van der Waals surface area contributed by atoms with Gasteiger partial charge in [-0.05, 0) is 39.8 Å². The lowest BCUT2D eigenvalue weighted by molar-refractivity contribution is 0.168. The number of aromatic nitrogens is 4. The third-order valence-electron chi connectivity index (χ3n) is 5.36. The molecule has 0 saturated carbocycles. The van der Waals surface area contributed by atoms with E-state index in [1.807, 2.05) is 18.6 Å². The number of nitrogens with one attached hydrogen (secondary N) is 3. The summed E-state index contributed by atoms with van der Waals surface area (Å²) in [7, 11) is -2.70. The second kappa shape index (κ2) is 11.9. The van der Waals surface area contributed by atoms with Crippen molar-refractivity contribution in [2.75, 3.05) is 29.4 Å². The van der Waals surface area contributed by atoms with E-state index in [9.17, 15) is 22.0 Å². The maximum Gasteiger partial charge on any atom is 0.407 e. The number of alkyl carbamates (subject to hydrolysis) is 1. The van der Waals surface area contributed by atoms with Gasteiger partial charge in [0.05, 0.1) is 23.6 Å². The summed E-state index contributed by atoms with van der Waals surface area (Å²) in [5.41, 5.74) is 0.227. The highest BCUT2D eigenvalue weighted by atomic mass is 35.5. The Bertz CT molecular complexity index is 1430. The summed E-state index contributed by atoms with van der Waals surface area (Å²) < 4.78 is 61.7. The predicted molar refractivity (Wildman–Crippen MR) is 141 cm³/mol. The quantitative estimate of drug-likeness (QED) is 0.303. The van der Waals surface area contributed by atoms with Gasteiger partial charge in [-0.2, -0.15) is 5.10 Å². The van der Waals surface area contributed by atoms with Crippen LogP contribution in [0.2, 0.25) is 5.02 Å². The molecule has 0 aliphatic heterocycles. The number of nitrogens with zero attached hydrogens (tertiary/aromatic N) is 4. The Morgan fingerprint density at radius 2 is 1.95 bits per heavy atom. The van der Waals surface area contributed by atoms with Crippen molar-refractivity contribution in [2.24, 2.45) is 0 Å². The van der Waals surface area contributed by atoms with Crippen molar-refractivity contribution in [2.45, 2.75) is 39.8 Å². The molecule has 0 spiro atoms. The molecule has 3 aromatic rings. The van der Waals surface area contributed by atoms with Crippen molar-refractivity contribution in [1.29, 1.82) is 0 Å². The number of anilines is 2. The molecule has 1 amide bonds. The van der Waals surface area contributed by atoms with Crippen LogP contribution in [0.15, 0.2) is 24.5 Å². The number of benzene rings is 1. The lowest BCUT2D eigenvalue weighted by atomic mass is 10.0. The molecule has 1 aromatic carbocycles. The standard InChI is InChI=1S/C23H28ClF2N7O4S/c1-6-38(35,36)32-21-18(24)14(9-16(25)19(21)26)20-15(11-33(31-20)12(2)3)17-7-8-27-22(30-17)28-10-13(4)29-23(34)37-5/h7-9,11-13,32H,6,10H2,1-5H3,(H,29,34)(H,27,28,30). The normalized spacial score (nSPS) is 12.3. The topological polar surface area (TPSA) is 140 Å². The zero-order valence-electron chi connectivity index (χ0n) is 21.3. The van der Waals surface area contributed by atoms with Crippen molar-refractivity contribution in [3.63, 3.8) is 0 Å². The number of ether oxygens (including phenoxy) is 1. The third-order valence-corrected chi connectivity index (χ3v) is 7.03. The van der Waals surface area contributed by atoms with Crippen LogP contribution in [0.25, 0.3) is 22.5 Å². The van der Waals surface area contributed by atoms with Crippen LogP contribution in [0.3, 0.4) is 0 Å². The van der Waals surface area contributed by atoms with Gasteiger partial charge in [0.15, 0.2) is 11.6 Å². The number of carbonyl (C=O) groups is 1. The van der Waals surface area contributed by atoms with Gasteiger partial charge in [-0.3, -0.25) is 9.40 Å². The second-order valence-corrected chi connectivity index (χ2v) is 11.0. The summed E-state index contributed by atoms with van der Waals surface area (Å²) in [4.78, 5) is 20.1. The smallest absolute Gasteiger partial charge is 0.407 e. The van der Waals surface area contributed by atoms with E-state index in [0.717, 1.165) is 6.07 Å². The van der Waals surface area contributed by atoms with Crippen molar-refractivity contribution in [3.8, 4) is 22.5 Å². The predicted octanol–water partition coefficient (Wildman–Crippen LogP) is 4.44. The van der Waals surface area contributed by atoms with Crippen LogP contribution in [0, 0.1) is 11.6 Å². The van der Waals surface area contributed by atoms with E-state index in [1.165, 1.54) is 20.2 Å². The highest BCUT2D eigenvalue weighted by molar-refractivity contribution is 7.92. The minimum Gasteiger partial charge on any atom is -0.453 e. The lowest BCUT2D eigenvalue weighted by Gasteiger charge is -2.14. The van der Waals surface area contributed by atoms with E-state index in [1.54, 1.807) is 23.9 Å². The number of hydrogen-bond donors (Lipinski definition) is 3. The van der Waals surface area contributed by atoms with Gasteiger partial charge in [-0.1, -0.05) is 11.6 Å². The molecule has 3 N–H and O–H groups in total. The summed E-state index contributed by atoms with van der Waals surface area (Å²) in [6.45, 7) is 7.14. The molecular weight excluding hydrogens is 544 g/mol. The van der Waals surface area contributed by atoms with Crippen molar-refractivity contribution in [3.05, 3.63) is 41.2 Å². The van der Waals surface area contributed by atoms with Gasteiger partial charge in [0.2, 0.25) is 16.0 Å². The molecule has 2 heterocycles. The molecule has 0 aliphatic rings. The summed E-state index contributed by atoms with van der Waals surface area (Å²) in [6.07, 6.45) is 2.58. The molecule has 15 heteroatoms. The van der Waals surface area contributed by atoms with Crippen LogP contribution < -0.4 is 15.4 Å². The molecule has 38 heavy (non-hydrogen) atoms. The first-order valence-electron chi connectivity index (χ1n) is 11.6. The molecule has 0 radical (unpaired) electrons. The fourth-order valence-electron chi connectivity index (χ4n) is 3.29. The number of carbonyl (C=O) groups excluding carboxylic acids is 1. The second-order valence-electron chi connectivity index (χ2n) is 8.56. The van der Waals surface area contributed by atoms with Crippen LogP contribution in [-0.4, -0.2) is 59.7 Å². The van der Waals surface area contributed by atoms with Crippen LogP contribution in [0.1, 0.15) is 33.7 Å². The fraction of sp³-hybridized carbons (Fsp3) is 0.391. The Kier molecular flexibility index (Phi) is 9.09. The highest BCUT2D eigenvalue weighted by Gasteiger charge is 2.26.